The fourth-order valence-corrected chi connectivity index (χ4v) is 2.87. The number of amides is 1. The Labute approximate surface area is 130 Å². The Bertz CT molecular complexity index is 678. The van der Waals surface area contributed by atoms with E-state index in [0.29, 0.717) is 13.0 Å². The number of carbonyl (C=O) groups is 1. The average Bonchev–Trinajstić information content (AvgIpc) is 2.93. The lowest BCUT2D eigenvalue weighted by Crippen LogP contribution is -2.36. The minimum absolute atomic E-state index is 0.203. The van der Waals surface area contributed by atoms with Gasteiger partial charge in [-0.05, 0) is 24.1 Å². The van der Waals surface area contributed by atoms with Gasteiger partial charge in [-0.15, -0.1) is 0 Å². The van der Waals surface area contributed by atoms with E-state index in [2.05, 4.69) is 4.98 Å². The van der Waals surface area contributed by atoms with Crippen LogP contribution in [0.5, 0.6) is 5.75 Å². The van der Waals surface area contributed by atoms with Gasteiger partial charge in [0.1, 0.15) is 5.75 Å². The van der Waals surface area contributed by atoms with Gasteiger partial charge >= 0.3 is 0 Å². The van der Waals surface area contributed by atoms with E-state index in [1.165, 1.54) is 0 Å². The number of imidazole rings is 1. The maximum atomic E-state index is 12.4. The molecule has 1 amide bonds. The van der Waals surface area contributed by atoms with Crippen molar-refractivity contribution in [2.75, 3.05) is 13.7 Å². The fraction of sp³-hybridized carbons (Fsp3) is 0.412. The summed E-state index contributed by atoms with van der Waals surface area (Å²) in [5.41, 5.74) is 3.41. The van der Waals surface area contributed by atoms with E-state index in [9.17, 15) is 4.79 Å². The van der Waals surface area contributed by atoms with Crippen molar-refractivity contribution in [2.45, 2.75) is 25.8 Å². The maximum Gasteiger partial charge on any atom is 0.223 e. The Morgan fingerprint density at radius 1 is 1.41 bits per heavy atom. The smallest absolute Gasteiger partial charge is 0.223 e. The van der Waals surface area contributed by atoms with Crippen molar-refractivity contribution in [1.82, 2.24) is 14.5 Å². The highest BCUT2D eigenvalue weighted by molar-refractivity contribution is 5.76. The van der Waals surface area contributed by atoms with Crippen LogP contribution in [0.25, 0.3) is 0 Å². The number of carbonyl (C=O) groups excluding carboxylic acids is 1. The van der Waals surface area contributed by atoms with Crippen LogP contribution < -0.4 is 4.74 Å². The number of aromatic nitrogens is 2. The van der Waals surface area contributed by atoms with Gasteiger partial charge in [0.2, 0.25) is 5.91 Å². The molecule has 0 unspecified atom stereocenters. The molecule has 0 aliphatic carbocycles. The van der Waals surface area contributed by atoms with E-state index in [1.807, 2.05) is 47.1 Å². The summed E-state index contributed by atoms with van der Waals surface area (Å²) in [5.74, 6) is 1.04. The molecule has 0 saturated carbocycles. The van der Waals surface area contributed by atoms with Crippen LogP contribution in [0.3, 0.4) is 0 Å². The van der Waals surface area contributed by atoms with E-state index in [4.69, 9.17) is 4.74 Å². The second-order valence-electron chi connectivity index (χ2n) is 5.67. The van der Waals surface area contributed by atoms with Crippen LogP contribution in [0.4, 0.5) is 0 Å². The molecule has 1 aromatic carbocycles. The monoisotopic (exact) mass is 299 g/mol. The van der Waals surface area contributed by atoms with Gasteiger partial charge < -0.3 is 14.2 Å². The molecule has 2 heterocycles. The first-order chi connectivity index (χ1) is 10.7. The molecule has 1 aliphatic heterocycles. The Kier molecular flexibility index (Phi) is 4.13. The molecule has 3 rings (SSSR count). The van der Waals surface area contributed by atoms with Gasteiger partial charge in [0.05, 0.1) is 31.4 Å². The zero-order valence-electron chi connectivity index (χ0n) is 13.1. The molecule has 0 atom stereocenters. The Balaban J connectivity index is 1.60. The van der Waals surface area contributed by atoms with E-state index in [0.717, 1.165) is 42.1 Å². The van der Waals surface area contributed by atoms with Gasteiger partial charge in [-0.25, -0.2) is 4.98 Å². The van der Waals surface area contributed by atoms with Crippen molar-refractivity contribution in [3.63, 3.8) is 0 Å². The molecule has 0 radical (unpaired) electrons. The lowest BCUT2D eigenvalue weighted by molar-refractivity contribution is -0.132. The van der Waals surface area contributed by atoms with Crippen LogP contribution in [-0.4, -0.2) is 34.0 Å². The summed E-state index contributed by atoms with van der Waals surface area (Å²) < 4.78 is 7.23. The number of benzene rings is 1. The molecule has 22 heavy (non-hydrogen) atoms. The Hall–Kier alpha value is -2.30. The summed E-state index contributed by atoms with van der Waals surface area (Å²) in [5, 5.41) is 0. The second kappa shape index (κ2) is 6.22. The van der Waals surface area contributed by atoms with Crippen LogP contribution in [0, 0.1) is 0 Å². The van der Waals surface area contributed by atoms with Crippen molar-refractivity contribution in [3.8, 4) is 5.75 Å². The zero-order chi connectivity index (χ0) is 15.5. The van der Waals surface area contributed by atoms with Gasteiger partial charge in [-0.3, -0.25) is 4.79 Å². The summed E-state index contributed by atoms with van der Waals surface area (Å²) in [4.78, 5) is 18.7. The fourth-order valence-electron chi connectivity index (χ4n) is 2.87. The number of methoxy groups -OCH3 is 1. The van der Waals surface area contributed by atoms with Crippen LogP contribution in [0.1, 0.15) is 23.4 Å². The van der Waals surface area contributed by atoms with Crippen LogP contribution in [0.15, 0.2) is 30.6 Å². The molecular weight excluding hydrogens is 278 g/mol. The molecule has 5 heteroatoms. The minimum atomic E-state index is 0.203. The number of aryl methyl sites for hydroxylation is 2. The lowest BCUT2D eigenvalue weighted by atomic mass is 10.1. The number of fused-ring (bicyclic) bond motifs is 1. The predicted octanol–water partition coefficient (Wildman–Crippen LogP) is 1.95. The number of ether oxygens (including phenoxy) is 1. The first kappa shape index (κ1) is 14.6. The van der Waals surface area contributed by atoms with Gasteiger partial charge in [0, 0.05) is 26.4 Å². The molecule has 1 aliphatic rings. The normalized spacial score (nSPS) is 13.8. The van der Waals surface area contributed by atoms with Crippen LogP contribution >= 0.6 is 0 Å². The molecule has 0 N–H and O–H groups in total. The van der Waals surface area contributed by atoms with Gasteiger partial charge in [0.15, 0.2) is 0 Å². The average molecular weight is 299 g/mol. The zero-order valence-corrected chi connectivity index (χ0v) is 13.1. The Morgan fingerprint density at radius 3 is 3.09 bits per heavy atom. The first-order valence-electron chi connectivity index (χ1n) is 7.57. The number of nitrogens with zero attached hydrogens (tertiary/aromatic N) is 3. The van der Waals surface area contributed by atoms with Gasteiger partial charge in [0.25, 0.3) is 0 Å². The molecule has 0 fully saturated rings. The summed E-state index contributed by atoms with van der Waals surface area (Å²) in [6, 6.07) is 7.90. The van der Waals surface area contributed by atoms with Crippen molar-refractivity contribution < 1.29 is 9.53 Å². The van der Waals surface area contributed by atoms with E-state index in [-0.39, 0.29) is 5.91 Å². The maximum absolute atomic E-state index is 12.4. The topological polar surface area (TPSA) is 47.4 Å². The Morgan fingerprint density at radius 2 is 2.27 bits per heavy atom. The highest BCUT2D eigenvalue weighted by atomic mass is 16.5. The molecular formula is C17H21N3O2. The predicted molar refractivity (Wildman–Crippen MR) is 83.6 cm³/mol. The van der Waals surface area contributed by atoms with Crippen molar-refractivity contribution in [1.29, 1.82) is 0 Å². The summed E-state index contributed by atoms with van der Waals surface area (Å²) in [6.45, 7) is 1.43. The van der Waals surface area contributed by atoms with Crippen LogP contribution in [0.2, 0.25) is 0 Å². The lowest BCUT2D eigenvalue weighted by Gasteiger charge is -2.27. The molecule has 2 aromatic rings. The van der Waals surface area contributed by atoms with Gasteiger partial charge in [-0.1, -0.05) is 12.1 Å². The largest absolute Gasteiger partial charge is 0.497 e. The van der Waals surface area contributed by atoms with Crippen molar-refractivity contribution in [2.24, 2.45) is 7.05 Å². The number of hydrogen-bond donors (Lipinski definition) is 0. The molecule has 1 aromatic heterocycles. The van der Waals surface area contributed by atoms with Crippen LogP contribution in [-0.2, 0) is 31.2 Å². The highest BCUT2D eigenvalue weighted by Crippen LogP contribution is 2.19. The minimum Gasteiger partial charge on any atom is -0.497 e. The van der Waals surface area contributed by atoms with Gasteiger partial charge in [-0.2, -0.15) is 0 Å². The highest BCUT2D eigenvalue weighted by Gasteiger charge is 2.23. The molecule has 0 spiro atoms. The number of hydrogen-bond acceptors (Lipinski definition) is 3. The van der Waals surface area contributed by atoms with E-state index in [1.54, 1.807) is 7.11 Å². The first-order valence-corrected chi connectivity index (χ1v) is 7.57. The van der Waals surface area contributed by atoms with E-state index < -0.39 is 0 Å². The molecule has 5 nitrogen and oxygen atoms in total. The third kappa shape index (κ3) is 2.98. The summed E-state index contributed by atoms with van der Waals surface area (Å²) in [7, 11) is 3.64. The third-order valence-electron chi connectivity index (χ3n) is 4.22. The number of rotatable bonds is 4. The molecule has 116 valence electrons. The SMILES string of the molecule is COc1cccc(CCC(=O)N2CCc3ncn(C)c3C2)c1. The quantitative estimate of drug-likeness (QED) is 0.867. The summed E-state index contributed by atoms with van der Waals surface area (Å²) in [6.07, 6.45) is 3.95. The van der Waals surface area contributed by atoms with Crippen molar-refractivity contribution in [3.05, 3.63) is 47.5 Å². The third-order valence-corrected chi connectivity index (χ3v) is 4.22. The van der Waals surface area contributed by atoms with Crippen molar-refractivity contribution >= 4 is 5.91 Å². The molecule has 0 saturated heterocycles. The summed E-state index contributed by atoms with van der Waals surface area (Å²) >= 11 is 0. The second-order valence-corrected chi connectivity index (χ2v) is 5.67. The standard InChI is InChI=1S/C17H21N3O2/c1-19-12-18-15-8-9-20(11-16(15)19)17(21)7-6-13-4-3-5-14(10-13)22-2/h3-5,10,12H,6-9,11H2,1-2H3. The van der Waals surface area contributed by atoms with E-state index >= 15 is 0 Å². The molecule has 0 bridgehead atoms.